The zero-order valence-electron chi connectivity index (χ0n) is 15.6. The Morgan fingerprint density at radius 2 is 1.50 bits per heavy atom. The summed E-state index contributed by atoms with van der Waals surface area (Å²) in [5.41, 5.74) is 0.0798. The smallest absolute Gasteiger partial charge is 0.343 e. The van der Waals surface area contributed by atoms with Crippen LogP contribution < -0.4 is 4.74 Å². The topological polar surface area (TPSA) is 26.3 Å². The van der Waals surface area contributed by atoms with Gasteiger partial charge in [-0.3, -0.25) is 0 Å². The molecule has 2 nitrogen and oxygen atoms in total. The third-order valence-electron chi connectivity index (χ3n) is 5.33. The molecular formula is C22H22F4O2. The molecule has 0 radical (unpaired) electrons. The van der Waals surface area contributed by atoms with E-state index in [1.807, 2.05) is 0 Å². The summed E-state index contributed by atoms with van der Waals surface area (Å²) >= 11 is 0. The molecule has 0 spiro atoms. The Kier molecular flexibility index (Phi) is 6.37. The van der Waals surface area contributed by atoms with Gasteiger partial charge in [0.05, 0.1) is 5.56 Å². The van der Waals surface area contributed by atoms with Gasteiger partial charge in [-0.2, -0.15) is 0 Å². The first-order chi connectivity index (χ1) is 13.4. The third kappa shape index (κ3) is 4.72. The zero-order chi connectivity index (χ0) is 20.3. The first-order valence-electron chi connectivity index (χ1n) is 9.54. The molecule has 28 heavy (non-hydrogen) atoms. The highest BCUT2D eigenvalue weighted by Gasteiger charge is 2.25. The Hall–Kier alpha value is -2.37. The minimum absolute atomic E-state index is 0.0687. The summed E-state index contributed by atoms with van der Waals surface area (Å²) in [7, 11) is 0. The van der Waals surface area contributed by atoms with E-state index in [9.17, 15) is 22.4 Å². The van der Waals surface area contributed by atoms with E-state index in [1.54, 1.807) is 0 Å². The third-order valence-corrected chi connectivity index (χ3v) is 5.33. The quantitative estimate of drug-likeness (QED) is 0.327. The molecule has 0 unspecified atom stereocenters. The standard InChI is InChI=1S/C22H22F4O2/c1-2-3-13-4-6-14(7-5-13)15-10-19(25)21(20(26)11-15)28-22(27)16-8-17(23)12-18(24)9-16/h8-14H,2-7H2,1H3. The number of carbonyl (C=O) groups is 1. The summed E-state index contributed by atoms with van der Waals surface area (Å²) < 4.78 is 60.1. The lowest BCUT2D eigenvalue weighted by Gasteiger charge is -2.28. The lowest BCUT2D eigenvalue weighted by atomic mass is 9.77. The molecule has 0 amide bonds. The van der Waals surface area contributed by atoms with E-state index in [0.717, 1.165) is 44.2 Å². The summed E-state index contributed by atoms with van der Waals surface area (Å²) in [6.45, 7) is 2.15. The fraction of sp³-hybridized carbons (Fsp3) is 0.409. The van der Waals surface area contributed by atoms with Crippen LogP contribution >= 0.6 is 0 Å². The number of hydrogen-bond acceptors (Lipinski definition) is 2. The molecule has 2 aromatic rings. The molecule has 0 bridgehead atoms. The predicted molar refractivity (Wildman–Crippen MR) is 97.3 cm³/mol. The van der Waals surface area contributed by atoms with Crippen LogP contribution in [0.25, 0.3) is 0 Å². The van der Waals surface area contributed by atoms with Gasteiger partial charge in [-0.1, -0.05) is 19.8 Å². The van der Waals surface area contributed by atoms with Gasteiger partial charge in [0.15, 0.2) is 11.6 Å². The van der Waals surface area contributed by atoms with E-state index in [2.05, 4.69) is 6.92 Å². The summed E-state index contributed by atoms with van der Waals surface area (Å²) in [6, 6.07) is 4.43. The molecule has 6 heteroatoms. The molecule has 0 saturated heterocycles. The molecular weight excluding hydrogens is 372 g/mol. The van der Waals surface area contributed by atoms with Crippen molar-refractivity contribution in [2.45, 2.75) is 51.4 Å². The van der Waals surface area contributed by atoms with E-state index in [0.29, 0.717) is 17.5 Å². The van der Waals surface area contributed by atoms with E-state index in [-0.39, 0.29) is 5.92 Å². The van der Waals surface area contributed by atoms with Gasteiger partial charge in [0.1, 0.15) is 11.6 Å². The van der Waals surface area contributed by atoms with E-state index < -0.39 is 40.6 Å². The Morgan fingerprint density at radius 1 is 0.929 bits per heavy atom. The van der Waals surface area contributed by atoms with Crippen LogP contribution in [0.15, 0.2) is 30.3 Å². The van der Waals surface area contributed by atoms with Gasteiger partial charge >= 0.3 is 5.97 Å². The molecule has 1 fully saturated rings. The lowest BCUT2D eigenvalue weighted by Crippen LogP contribution is -2.15. The molecule has 0 aromatic heterocycles. The molecule has 0 N–H and O–H groups in total. The number of halogens is 4. The highest BCUT2D eigenvalue weighted by atomic mass is 19.1. The SMILES string of the molecule is CCCC1CCC(c2cc(F)c(OC(=O)c3cc(F)cc(F)c3)c(F)c2)CC1. The number of hydrogen-bond donors (Lipinski definition) is 0. The molecule has 150 valence electrons. The van der Waals surface area contributed by atoms with Crippen molar-refractivity contribution >= 4 is 5.97 Å². The molecule has 0 heterocycles. The molecule has 1 saturated carbocycles. The van der Waals surface area contributed by atoms with Gasteiger partial charge in [0.25, 0.3) is 0 Å². The van der Waals surface area contributed by atoms with Crippen molar-refractivity contribution < 1.29 is 27.1 Å². The minimum Gasteiger partial charge on any atom is -0.417 e. The largest absolute Gasteiger partial charge is 0.417 e. The number of ether oxygens (including phenoxy) is 1. The second kappa shape index (κ2) is 8.76. The fourth-order valence-electron chi connectivity index (χ4n) is 3.93. The van der Waals surface area contributed by atoms with Crippen molar-refractivity contribution in [1.29, 1.82) is 0 Å². The summed E-state index contributed by atoms with van der Waals surface area (Å²) in [4.78, 5) is 12.0. The predicted octanol–water partition coefficient (Wildman–Crippen LogP) is 6.54. The van der Waals surface area contributed by atoms with Crippen molar-refractivity contribution in [3.05, 3.63) is 64.7 Å². The zero-order valence-corrected chi connectivity index (χ0v) is 15.6. The van der Waals surface area contributed by atoms with E-state index in [1.165, 1.54) is 18.6 Å². The number of esters is 1. The Labute approximate surface area is 161 Å². The second-order valence-electron chi connectivity index (χ2n) is 7.37. The Morgan fingerprint density at radius 3 is 2.04 bits per heavy atom. The number of carbonyl (C=O) groups excluding carboxylic acids is 1. The van der Waals surface area contributed by atoms with Gasteiger partial charge in [-0.05, 0) is 67.3 Å². The summed E-state index contributed by atoms with van der Waals surface area (Å²) in [5, 5.41) is 0. The van der Waals surface area contributed by atoms with Crippen LogP contribution in [0.2, 0.25) is 0 Å². The maximum Gasteiger partial charge on any atom is 0.343 e. The maximum atomic E-state index is 14.4. The Balaban J connectivity index is 1.74. The molecule has 2 aromatic carbocycles. The van der Waals surface area contributed by atoms with Gasteiger partial charge < -0.3 is 4.74 Å². The second-order valence-corrected chi connectivity index (χ2v) is 7.37. The van der Waals surface area contributed by atoms with Crippen LogP contribution in [0, 0.1) is 29.2 Å². The van der Waals surface area contributed by atoms with Crippen LogP contribution in [-0.2, 0) is 0 Å². The average Bonchev–Trinajstić information content (AvgIpc) is 2.64. The van der Waals surface area contributed by atoms with Gasteiger partial charge in [-0.25, -0.2) is 22.4 Å². The maximum absolute atomic E-state index is 14.4. The monoisotopic (exact) mass is 394 g/mol. The summed E-state index contributed by atoms with van der Waals surface area (Å²) in [5.74, 6) is -5.33. The number of rotatable bonds is 5. The van der Waals surface area contributed by atoms with Crippen LogP contribution in [-0.4, -0.2) is 5.97 Å². The molecule has 1 aliphatic carbocycles. The first-order valence-corrected chi connectivity index (χ1v) is 9.54. The Bertz CT molecular complexity index is 814. The molecule has 3 rings (SSSR count). The van der Waals surface area contributed by atoms with E-state index >= 15 is 0 Å². The van der Waals surface area contributed by atoms with Crippen LogP contribution in [0.4, 0.5) is 17.6 Å². The van der Waals surface area contributed by atoms with Crippen LogP contribution in [0.5, 0.6) is 5.75 Å². The number of benzene rings is 2. The van der Waals surface area contributed by atoms with Crippen molar-refractivity contribution in [3.8, 4) is 5.75 Å². The van der Waals surface area contributed by atoms with Crippen molar-refractivity contribution in [3.63, 3.8) is 0 Å². The van der Waals surface area contributed by atoms with Crippen LogP contribution in [0.3, 0.4) is 0 Å². The van der Waals surface area contributed by atoms with Crippen molar-refractivity contribution in [2.24, 2.45) is 5.92 Å². The average molecular weight is 394 g/mol. The van der Waals surface area contributed by atoms with Gasteiger partial charge in [0, 0.05) is 6.07 Å². The lowest BCUT2D eigenvalue weighted by molar-refractivity contribution is 0.0719. The minimum atomic E-state index is -1.23. The fourth-order valence-corrected chi connectivity index (χ4v) is 3.93. The normalized spacial score (nSPS) is 19.5. The molecule has 0 atom stereocenters. The van der Waals surface area contributed by atoms with Crippen molar-refractivity contribution in [2.75, 3.05) is 0 Å². The summed E-state index contributed by atoms with van der Waals surface area (Å²) in [6.07, 6.45) is 6.10. The van der Waals surface area contributed by atoms with Gasteiger partial charge in [0.2, 0.25) is 5.75 Å². The highest BCUT2D eigenvalue weighted by molar-refractivity contribution is 5.91. The van der Waals surface area contributed by atoms with Crippen LogP contribution in [0.1, 0.15) is 67.3 Å². The van der Waals surface area contributed by atoms with Gasteiger partial charge in [-0.15, -0.1) is 0 Å². The molecule has 1 aliphatic rings. The highest BCUT2D eigenvalue weighted by Crippen LogP contribution is 2.39. The van der Waals surface area contributed by atoms with Crippen molar-refractivity contribution in [1.82, 2.24) is 0 Å². The first kappa shape index (κ1) is 20.4. The van der Waals surface area contributed by atoms with E-state index in [4.69, 9.17) is 4.74 Å². The molecule has 0 aliphatic heterocycles.